The Hall–Kier alpha value is -1.24. The molecular formula is C14H26N4O2. The summed E-state index contributed by atoms with van der Waals surface area (Å²) in [5.74, 6) is 1.64. The van der Waals surface area contributed by atoms with Gasteiger partial charge in [-0.3, -0.25) is 4.90 Å². The predicted octanol–water partition coefficient (Wildman–Crippen LogP) is 1.05. The predicted molar refractivity (Wildman–Crippen MR) is 79.8 cm³/mol. The van der Waals surface area contributed by atoms with Gasteiger partial charge in [0, 0.05) is 38.5 Å². The Labute approximate surface area is 121 Å². The van der Waals surface area contributed by atoms with Crippen LogP contribution in [0.3, 0.4) is 0 Å². The van der Waals surface area contributed by atoms with Gasteiger partial charge in [-0.25, -0.2) is 9.97 Å². The molecule has 0 saturated carbocycles. The van der Waals surface area contributed by atoms with Crippen molar-refractivity contribution in [3.63, 3.8) is 0 Å². The van der Waals surface area contributed by atoms with Crippen molar-refractivity contribution in [2.45, 2.75) is 26.8 Å². The van der Waals surface area contributed by atoms with E-state index in [-0.39, 0.29) is 6.61 Å². The molecule has 0 fully saturated rings. The summed E-state index contributed by atoms with van der Waals surface area (Å²) in [6.45, 7) is 7.71. The largest absolute Gasteiger partial charge is 0.395 e. The Morgan fingerprint density at radius 2 is 2.15 bits per heavy atom. The average Bonchev–Trinajstić information content (AvgIpc) is 2.42. The Bertz CT molecular complexity index is 387. The van der Waals surface area contributed by atoms with Crippen molar-refractivity contribution >= 4 is 5.82 Å². The second-order valence-electron chi connectivity index (χ2n) is 4.73. The fourth-order valence-corrected chi connectivity index (χ4v) is 1.88. The fourth-order valence-electron chi connectivity index (χ4n) is 1.88. The molecular weight excluding hydrogens is 256 g/mol. The van der Waals surface area contributed by atoms with E-state index in [4.69, 9.17) is 9.84 Å². The van der Waals surface area contributed by atoms with Gasteiger partial charge in [0.2, 0.25) is 0 Å². The summed E-state index contributed by atoms with van der Waals surface area (Å²) in [7, 11) is 1.67. The number of hydrogen-bond acceptors (Lipinski definition) is 6. The molecule has 0 aliphatic carbocycles. The normalized spacial score (nSPS) is 11.1. The van der Waals surface area contributed by atoms with Gasteiger partial charge in [0.15, 0.2) is 0 Å². The lowest BCUT2D eigenvalue weighted by atomic mass is 10.3. The molecule has 0 saturated heterocycles. The van der Waals surface area contributed by atoms with Gasteiger partial charge in [0.05, 0.1) is 19.8 Å². The van der Waals surface area contributed by atoms with Crippen LogP contribution in [-0.4, -0.2) is 59.9 Å². The molecule has 1 rings (SSSR count). The maximum Gasteiger partial charge on any atom is 0.144 e. The van der Waals surface area contributed by atoms with Crippen molar-refractivity contribution in [1.82, 2.24) is 14.9 Å². The number of nitrogens with one attached hydrogen (secondary N) is 1. The van der Waals surface area contributed by atoms with Crippen LogP contribution in [0.15, 0.2) is 6.07 Å². The van der Waals surface area contributed by atoms with Crippen LogP contribution in [-0.2, 0) is 11.3 Å². The number of hydrogen-bond donors (Lipinski definition) is 2. The van der Waals surface area contributed by atoms with Gasteiger partial charge in [-0.1, -0.05) is 6.92 Å². The molecule has 1 heterocycles. The quantitative estimate of drug-likeness (QED) is 0.668. The minimum absolute atomic E-state index is 0.121. The number of aliphatic hydroxyl groups is 1. The molecule has 0 bridgehead atoms. The van der Waals surface area contributed by atoms with Gasteiger partial charge < -0.3 is 15.2 Å². The van der Waals surface area contributed by atoms with Crippen molar-refractivity contribution in [1.29, 1.82) is 0 Å². The Kier molecular flexibility index (Phi) is 8.10. The second kappa shape index (κ2) is 9.63. The molecule has 114 valence electrons. The van der Waals surface area contributed by atoms with E-state index in [1.165, 1.54) is 0 Å². The Balaban J connectivity index is 2.69. The molecule has 2 N–H and O–H groups in total. The average molecular weight is 282 g/mol. The highest BCUT2D eigenvalue weighted by molar-refractivity contribution is 5.35. The molecule has 0 aliphatic rings. The number of ether oxygens (including phenoxy) is 1. The van der Waals surface area contributed by atoms with Crippen LogP contribution in [0.4, 0.5) is 5.82 Å². The van der Waals surface area contributed by atoms with Crippen LogP contribution in [0.1, 0.15) is 24.9 Å². The number of aryl methyl sites for hydroxylation is 1. The third kappa shape index (κ3) is 6.27. The summed E-state index contributed by atoms with van der Waals surface area (Å²) >= 11 is 0. The number of methoxy groups -OCH3 is 1. The first kappa shape index (κ1) is 16.8. The highest BCUT2D eigenvalue weighted by atomic mass is 16.5. The maximum atomic E-state index is 9.10. The topological polar surface area (TPSA) is 70.5 Å². The Morgan fingerprint density at radius 3 is 2.80 bits per heavy atom. The molecule has 0 spiro atoms. The highest BCUT2D eigenvalue weighted by Crippen LogP contribution is 2.08. The van der Waals surface area contributed by atoms with Gasteiger partial charge in [-0.05, 0) is 13.3 Å². The number of anilines is 1. The summed E-state index contributed by atoms with van der Waals surface area (Å²) in [5.41, 5.74) is 0.948. The van der Waals surface area contributed by atoms with Crippen molar-refractivity contribution in [3.05, 3.63) is 17.6 Å². The molecule has 1 aromatic heterocycles. The highest BCUT2D eigenvalue weighted by Gasteiger charge is 2.09. The van der Waals surface area contributed by atoms with E-state index in [0.29, 0.717) is 19.7 Å². The van der Waals surface area contributed by atoms with Crippen LogP contribution in [0.25, 0.3) is 0 Å². The lowest BCUT2D eigenvalue weighted by Gasteiger charge is -2.20. The molecule has 0 aromatic carbocycles. The zero-order chi connectivity index (χ0) is 14.8. The van der Waals surface area contributed by atoms with Gasteiger partial charge in [-0.2, -0.15) is 0 Å². The van der Waals surface area contributed by atoms with Crippen molar-refractivity contribution < 1.29 is 9.84 Å². The zero-order valence-electron chi connectivity index (χ0n) is 12.7. The minimum atomic E-state index is 0.121. The van der Waals surface area contributed by atoms with Crippen molar-refractivity contribution in [2.24, 2.45) is 0 Å². The molecule has 6 nitrogen and oxygen atoms in total. The molecule has 0 unspecified atom stereocenters. The molecule has 0 aliphatic heterocycles. The van der Waals surface area contributed by atoms with E-state index in [2.05, 4.69) is 27.1 Å². The third-order valence-electron chi connectivity index (χ3n) is 2.85. The summed E-state index contributed by atoms with van der Waals surface area (Å²) in [5, 5.41) is 12.4. The molecule has 20 heavy (non-hydrogen) atoms. The zero-order valence-corrected chi connectivity index (χ0v) is 12.7. The van der Waals surface area contributed by atoms with Crippen LogP contribution in [0.5, 0.6) is 0 Å². The van der Waals surface area contributed by atoms with Crippen molar-refractivity contribution in [2.75, 3.05) is 45.3 Å². The van der Waals surface area contributed by atoms with E-state index in [1.54, 1.807) is 7.11 Å². The Morgan fingerprint density at radius 1 is 1.35 bits per heavy atom. The standard InChI is InChI=1S/C14H26N4O2/c1-4-5-15-13-10-12(2)16-14(17-13)11-18(6-8-19)7-9-20-3/h10,19H,4-9,11H2,1-3H3,(H,15,16,17). The third-order valence-corrected chi connectivity index (χ3v) is 2.85. The van der Waals surface area contributed by atoms with E-state index in [9.17, 15) is 0 Å². The number of rotatable bonds is 10. The van der Waals surface area contributed by atoms with E-state index >= 15 is 0 Å². The van der Waals surface area contributed by atoms with Crippen molar-refractivity contribution in [3.8, 4) is 0 Å². The SMILES string of the molecule is CCCNc1cc(C)nc(CN(CCO)CCOC)n1. The number of nitrogens with zero attached hydrogens (tertiary/aromatic N) is 3. The lowest BCUT2D eigenvalue weighted by molar-refractivity contribution is 0.125. The molecule has 1 aromatic rings. The van der Waals surface area contributed by atoms with Crippen LogP contribution in [0.2, 0.25) is 0 Å². The van der Waals surface area contributed by atoms with E-state index < -0.39 is 0 Å². The maximum absolute atomic E-state index is 9.10. The summed E-state index contributed by atoms with van der Waals surface area (Å²) in [6, 6.07) is 1.95. The summed E-state index contributed by atoms with van der Waals surface area (Å²) < 4.78 is 5.08. The van der Waals surface area contributed by atoms with Gasteiger partial charge in [0.1, 0.15) is 11.6 Å². The number of aromatic nitrogens is 2. The van der Waals surface area contributed by atoms with Crippen LogP contribution in [0, 0.1) is 6.92 Å². The van der Waals surface area contributed by atoms with Crippen LogP contribution < -0.4 is 5.32 Å². The smallest absolute Gasteiger partial charge is 0.144 e. The second-order valence-corrected chi connectivity index (χ2v) is 4.73. The van der Waals surface area contributed by atoms with E-state index in [0.717, 1.165) is 36.8 Å². The van der Waals surface area contributed by atoms with Gasteiger partial charge in [0.25, 0.3) is 0 Å². The molecule has 0 radical (unpaired) electrons. The number of aliphatic hydroxyl groups excluding tert-OH is 1. The van der Waals surface area contributed by atoms with Gasteiger partial charge in [-0.15, -0.1) is 0 Å². The first-order valence-corrected chi connectivity index (χ1v) is 7.10. The fraction of sp³-hybridized carbons (Fsp3) is 0.714. The van der Waals surface area contributed by atoms with E-state index in [1.807, 2.05) is 13.0 Å². The molecule has 6 heteroatoms. The minimum Gasteiger partial charge on any atom is -0.395 e. The molecule has 0 atom stereocenters. The summed E-state index contributed by atoms with van der Waals surface area (Å²) in [6.07, 6.45) is 1.06. The molecule has 0 amide bonds. The first-order valence-electron chi connectivity index (χ1n) is 7.10. The lowest BCUT2D eigenvalue weighted by Crippen LogP contribution is -2.30. The first-order chi connectivity index (χ1) is 9.69. The summed E-state index contributed by atoms with van der Waals surface area (Å²) in [4.78, 5) is 11.1. The monoisotopic (exact) mass is 282 g/mol. The van der Waals surface area contributed by atoms with Gasteiger partial charge >= 0.3 is 0 Å². The van der Waals surface area contributed by atoms with Crippen LogP contribution >= 0.6 is 0 Å².